The number of carbonyl (C=O) groups excluding carboxylic acids is 1. The van der Waals surface area contributed by atoms with Crippen LogP contribution in [0.15, 0.2) is 54.2 Å². The van der Waals surface area contributed by atoms with Crippen molar-refractivity contribution in [3.05, 3.63) is 76.9 Å². The van der Waals surface area contributed by atoms with E-state index in [0.717, 1.165) is 52.4 Å². The molecule has 37 heavy (non-hydrogen) atoms. The van der Waals surface area contributed by atoms with Crippen LogP contribution in [0, 0.1) is 11.2 Å². The van der Waals surface area contributed by atoms with Crippen molar-refractivity contribution in [2.75, 3.05) is 20.8 Å². The van der Waals surface area contributed by atoms with Gasteiger partial charge in [-0.15, -0.1) is 0 Å². The third-order valence-electron chi connectivity index (χ3n) is 7.47. The summed E-state index contributed by atoms with van der Waals surface area (Å²) in [6.07, 6.45) is 6.73. The lowest BCUT2D eigenvalue weighted by Crippen LogP contribution is -2.48. The van der Waals surface area contributed by atoms with E-state index in [1.165, 1.54) is 12.1 Å². The van der Waals surface area contributed by atoms with Crippen LogP contribution in [0.1, 0.15) is 43.0 Å². The lowest BCUT2D eigenvalue weighted by Gasteiger charge is -2.43. The van der Waals surface area contributed by atoms with Crippen molar-refractivity contribution >= 4 is 12.0 Å². The van der Waals surface area contributed by atoms with Crippen LogP contribution in [0.4, 0.5) is 4.39 Å². The zero-order chi connectivity index (χ0) is 26.0. The molecular formula is C29H32FN3O4. The number of ether oxygens (including phenoxy) is 3. The molecule has 1 aromatic heterocycles. The van der Waals surface area contributed by atoms with Crippen molar-refractivity contribution in [2.24, 2.45) is 5.41 Å². The van der Waals surface area contributed by atoms with Crippen LogP contribution in [0.2, 0.25) is 0 Å². The Morgan fingerprint density at radius 2 is 2.00 bits per heavy atom. The molecule has 0 unspecified atom stereocenters. The van der Waals surface area contributed by atoms with Gasteiger partial charge < -0.3 is 19.5 Å². The Kier molecular flexibility index (Phi) is 7.02. The number of carbonyl (C=O) groups is 1. The summed E-state index contributed by atoms with van der Waals surface area (Å²) in [6, 6.07) is 12.2. The normalized spacial score (nSPS) is 20.4. The highest BCUT2D eigenvalue weighted by atomic mass is 19.1. The molecule has 0 spiro atoms. The van der Waals surface area contributed by atoms with E-state index in [1.54, 1.807) is 26.4 Å². The number of halogens is 1. The van der Waals surface area contributed by atoms with Crippen LogP contribution in [0.5, 0.6) is 11.5 Å². The minimum Gasteiger partial charge on any atom is -0.497 e. The van der Waals surface area contributed by atoms with Crippen LogP contribution < -0.4 is 14.8 Å². The predicted molar refractivity (Wildman–Crippen MR) is 138 cm³/mol. The summed E-state index contributed by atoms with van der Waals surface area (Å²) < 4.78 is 31.8. The molecule has 8 heteroatoms. The first-order valence-corrected chi connectivity index (χ1v) is 12.6. The standard InChI is InChI=1S/C29H32FN3O4/c1-4-37-28(34)29-15-20-18-32-33(24-10-7-22(30)8-11-24)26(20)13-21(29)6-9-23(16-29)31-17-19-5-12-25(35-2)14-27(19)36-3/h5,7-8,10-14,18,23,31H,4,6,9,15-17H2,1-3H3/t23-,29-/m0/s1. The smallest absolute Gasteiger partial charge is 0.316 e. The maximum absolute atomic E-state index is 13.5. The third kappa shape index (κ3) is 4.73. The average molecular weight is 506 g/mol. The zero-order valence-electron chi connectivity index (χ0n) is 21.4. The summed E-state index contributed by atoms with van der Waals surface area (Å²) in [6.45, 7) is 2.79. The average Bonchev–Trinajstić information content (AvgIpc) is 3.33. The molecule has 5 rings (SSSR count). The van der Waals surface area contributed by atoms with Gasteiger partial charge in [-0.05, 0) is 74.6 Å². The fourth-order valence-corrected chi connectivity index (χ4v) is 5.56. The molecule has 0 saturated heterocycles. The van der Waals surface area contributed by atoms with Crippen LogP contribution in [-0.2, 0) is 22.5 Å². The van der Waals surface area contributed by atoms with E-state index >= 15 is 0 Å². The SMILES string of the molecule is CCOC(=O)[C@]12Cc3cnn(-c4ccc(F)cc4)c3C=C1CC[C@H](NCc1ccc(OC)cc1OC)C2. The second-order valence-corrected chi connectivity index (χ2v) is 9.59. The van der Waals surface area contributed by atoms with Crippen molar-refractivity contribution in [2.45, 2.75) is 45.2 Å². The molecule has 1 fully saturated rings. The minimum atomic E-state index is -0.737. The Hall–Kier alpha value is -3.65. The molecule has 1 saturated carbocycles. The van der Waals surface area contributed by atoms with Gasteiger partial charge in [-0.25, -0.2) is 9.07 Å². The molecule has 2 aliphatic rings. The summed E-state index contributed by atoms with van der Waals surface area (Å²) in [4.78, 5) is 13.5. The number of aromatic nitrogens is 2. The first-order chi connectivity index (χ1) is 18.0. The summed E-state index contributed by atoms with van der Waals surface area (Å²) >= 11 is 0. The fraction of sp³-hybridized carbons (Fsp3) is 0.379. The van der Waals surface area contributed by atoms with E-state index in [2.05, 4.69) is 16.5 Å². The summed E-state index contributed by atoms with van der Waals surface area (Å²) in [7, 11) is 3.28. The van der Waals surface area contributed by atoms with E-state index in [-0.39, 0.29) is 17.8 Å². The van der Waals surface area contributed by atoms with Crippen molar-refractivity contribution in [1.82, 2.24) is 15.1 Å². The molecule has 0 aliphatic heterocycles. The summed E-state index contributed by atoms with van der Waals surface area (Å²) in [5, 5.41) is 8.23. The Morgan fingerprint density at radius 1 is 1.19 bits per heavy atom. The van der Waals surface area contributed by atoms with Crippen LogP contribution in [-0.4, -0.2) is 42.6 Å². The predicted octanol–water partition coefficient (Wildman–Crippen LogP) is 4.86. The maximum atomic E-state index is 13.5. The molecule has 0 bridgehead atoms. The molecule has 0 amide bonds. The highest BCUT2D eigenvalue weighted by Crippen LogP contribution is 2.49. The summed E-state index contributed by atoms with van der Waals surface area (Å²) in [5.74, 6) is 1.03. The first kappa shape index (κ1) is 25.0. The number of hydrogen-bond donors (Lipinski definition) is 1. The number of nitrogens with zero attached hydrogens (tertiary/aromatic N) is 2. The zero-order valence-corrected chi connectivity index (χ0v) is 21.4. The Balaban J connectivity index is 1.41. The molecule has 0 radical (unpaired) electrons. The Labute approximate surface area is 216 Å². The van der Waals surface area contributed by atoms with Crippen molar-refractivity contribution in [1.29, 1.82) is 0 Å². The van der Waals surface area contributed by atoms with Gasteiger partial charge in [0, 0.05) is 24.2 Å². The van der Waals surface area contributed by atoms with Crippen molar-refractivity contribution in [3.63, 3.8) is 0 Å². The van der Waals surface area contributed by atoms with Gasteiger partial charge in [-0.2, -0.15) is 5.10 Å². The van der Waals surface area contributed by atoms with E-state index in [4.69, 9.17) is 14.2 Å². The molecule has 1 N–H and O–H groups in total. The topological polar surface area (TPSA) is 74.6 Å². The number of fused-ring (bicyclic) bond motifs is 2. The molecule has 2 atom stereocenters. The molecule has 1 heterocycles. The van der Waals surface area contributed by atoms with Crippen molar-refractivity contribution in [3.8, 4) is 17.2 Å². The number of benzene rings is 2. The van der Waals surface area contributed by atoms with E-state index in [9.17, 15) is 9.18 Å². The molecular weight excluding hydrogens is 473 g/mol. The number of nitrogens with one attached hydrogen (secondary N) is 1. The Morgan fingerprint density at radius 3 is 2.73 bits per heavy atom. The highest BCUT2D eigenvalue weighted by molar-refractivity contribution is 5.85. The van der Waals surface area contributed by atoms with Gasteiger partial charge >= 0.3 is 5.97 Å². The van der Waals surface area contributed by atoms with Gasteiger partial charge in [0.15, 0.2) is 0 Å². The number of esters is 1. The largest absolute Gasteiger partial charge is 0.497 e. The molecule has 2 aromatic carbocycles. The van der Waals surface area contributed by atoms with Gasteiger partial charge in [-0.1, -0.05) is 11.6 Å². The quantitative estimate of drug-likeness (QED) is 0.441. The monoisotopic (exact) mass is 505 g/mol. The molecule has 194 valence electrons. The molecule has 2 aliphatic carbocycles. The fourth-order valence-electron chi connectivity index (χ4n) is 5.56. The van der Waals surface area contributed by atoms with Crippen molar-refractivity contribution < 1.29 is 23.4 Å². The minimum absolute atomic E-state index is 0.127. The van der Waals surface area contributed by atoms with Crippen LogP contribution in [0.3, 0.4) is 0 Å². The van der Waals surface area contributed by atoms with Gasteiger partial charge in [-0.3, -0.25) is 4.79 Å². The number of rotatable bonds is 8. The van der Waals surface area contributed by atoms with E-state index in [0.29, 0.717) is 26.0 Å². The molecule has 7 nitrogen and oxygen atoms in total. The van der Waals surface area contributed by atoms with Crippen LogP contribution >= 0.6 is 0 Å². The maximum Gasteiger partial charge on any atom is 0.316 e. The number of hydrogen-bond acceptors (Lipinski definition) is 6. The van der Waals surface area contributed by atoms with Gasteiger partial charge in [0.25, 0.3) is 0 Å². The van der Waals surface area contributed by atoms with E-state index < -0.39 is 5.41 Å². The van der Waals surface area contributed by atoms with Gasteiger partial charge in [0.2, 0.25) is 0 Å². The first-order valence-electron chi connectivity index (χ1n) is 12.6. The van der Waals surface area contributed by atoms with E-state index in [1.807, 2.05) is 36.0 Å². The Bertz CT molecular complexity index is 1320. The summed E-state index contributed by atoms with van der Waals surface area (Å²) in [5.41, 5.74) is 4.07. The third-order valence-corrected chi connectivity index (χ3v) is 7.47. The second-order valence-electron chi connectivity index (χ2n) is 9.59. The van der Waals surface area contributed by atoms with Gasteiger partial charge in [0.1, 0.15) is 17.3 Å². The van der Waals surface area contributed by atoms with Crippen LogP contribution in [0.25, 0.3) is 11.8 Å². The number of methoxy groups -OCH3 is 2. The lowest BCUT2D eigenvalue weighted by molar-refractivity contribution is -0.154. The molecule has 3 aromatic rings. The second kappa shape index (κ2) is 10.4. The van der Waals surface area contributed by atoms with Gasteiger partial charge in [0.05, 0.1) is 43.8 Å². The highest BCUT2D eigenvalue weighted by Gasteiger charge is 2.50. The lowest BCUT2D eigenvalue weighted by atomic mass is 9.63.